The van der Waals surface area contributed by atoms with Crippen LogP contribution in [-0.2, 0) is 4.74 Å². The molecule has 0 atom stereocenters. The summed E-state index contributed by atoms with van der Waals surface area (Å²) in [5.41, 5.74) is 0. The van der Waals surface area contributed by atoms with Crippen molar-refractivity contribution in [2.24, 2.45) is 0 Å². The first kappa shape index (κ1) is 11.9. The van der Waals surface area contributed by atoms with Crippen LogP contribution < -0.4 is 0 Å². The van der Waals surface area contributed by atoms with Gasteiger partial charge in [-0.05, 0) is 25.9 Å². The van der Waals surface area contributed by atoms with E-state index < -0.39 is 0 Å². The molecule has 90 valence electrons. The van der Waals surface area contributed by atoms with Crippen LogP contribution >= 0.6 is 0 Å². The van der Waals surface area contributed by atoms with Crippen LogP contribution in [0.15, 0.2) is 0 Å². The van der Waals surface area contributed by atoms with Crippen molar-refractivity contribution in [1.82, 2.24) is 9.80 Å². The molecule has 2 fully saturated rings. The number of likely N-dealkylation sites (tertiary alicyclic amines) is 1. The quantitative estimate of drug-likeness (QED) is 0.643. The minimum absolute atomic E-state index is 0.869. The second-order valence-electron chi connectivity index (χ2n) is 4.58. The number of morpholine rings is 1. The van der Waals surface area contributed by atoms with Gasteiger partial charge in [-0.25, -0.2) is 0 Å². The molecule has 0 amide bonds. The normalized spacial score (nSPS) is 23.8. The van der Waals surface area contributed by atoms with E-state index in [-0.39, 0.29) is 0 Å². The third-order valence-corrected chi connectivity index (χ3v) is 3.28. The summed E-state index contributed by atoms with van der Waals surface area (Å²) in [6, 6.07) is 0. The molecule has 2 rings (SSSR count). The summed E-state index contributed by atoms with van der Waals surface area (Å²) in [7, 11) is 0. The van der Waals surface area contributed by atoms with Crippen LogP contribution in [0.3, 0.4) is 0 Å². The zero-order chi connectivity index (χ0) is 11.1. The Labute approximate surface area is 98.7 Å². The molecule has 2 saturated heterocycles. The van der Waals surface area contributed by atoms with E-state index in [0.717, 1.165) is 39.4 Å². The van der Waals surface area contributed by atoms with Gasteiger partial charge in [0.1, 0.15) is 0 Å². The third kappa shape index (κ3) is 4.13. The summed E-state index contributed by atoms with van der Waals surface area (Å²) >= 11 is 0. The molecule has 0 N–H and O–H groups in total. The van der Waals surface area contributed by atoms with Crippen LogP contribution in [0, 0.1) is 11.8 Å². The van der Waals surface area contributed by atoms with Crippen LogP contribution in [-0.4, -0.2) is 62.3 Å². The first-order chi connectivity index (χ1) is 7.95. The summed E-state index contributed by atoms with van der Waals surface area (Å²) in [6.07, 6.45) is 4.11. The Hall–Kier alpha value is -0.560. The Morgan fingerprint density at radius 1 is 0.750 bits per heavy atom. The van der Waals surface area contributed by atoms with Gasteiger partial charge in [0.05, 0.1) is 26.3 Å². The maximum Gasteiger partial charge on any atom is 0.0603 e. The lowest BCUT2D eigenvalue weighted by Gasteiger charge is -2.25. The predicted octanol–water partition coefficient (Wildman–Crippen LogP) is 0.808. The first-order valence-corrected chi connectivity index (χ1v) is 6.43. The summed E-state index contributed by atoms with van der Waals surface area (Å²) in [5.74, 6) is 6.58. The SMILES string of the molecule is C(#CCN1CCOCC1)CN1CCCCC1. The van der Waals surface area contributed by atoms with Crippen LogP contribution in [0.4, 0.5) is 0 Å². The van der Waals surface area contributed by atoms with Crippen LogP contribution in [0.1, 0.15) is 19.3 Å². The van der Waals surface area contributed by atoms with Gasteiger partial charge < -0.3 is 4.74 Å². The molecule has 0 aromatic carbocycles. The third-order valence-electron chi connectivity index (χ3n) is 3.28. The van der Waals surface area contributed by atoms with Gasteiger partial charge in [0.15, 0.2) is 0 Å². The Bertz CT molecular complexity index is 220. The van der Waals surface area contributed by atoms with E-state index in [1.807, 2.05) is 0 Å². The fourth-order valence-corrected chi connectivity index (χ4v) is 2.21. The largest absolute Gasteiger partial charge is 0.379 e. The van der Waals surface area contributed by atoms with Gasteiger partial charge in [-0.1, -0.05) is 18.3 Å². The van der Waals surface area contributed by atoms with Gasteiger partial charge in [-0.2, -0.15) is 0 Å². The van der Waals surface area contributed by atoms with E-state index in [4.69, 9.17) is 4.74 Å². The molecule has 3 nitrogen and oxygen atoms in total. The lowest BCUT2D eigenvalue weighted by molar-refractivity contribution is 0.0443. The number of hydrogen-bond acceptors (Lipinski definition) is 3. The van der Waals surface area contributed by atoms with Crippen LogP contribution in [0.25, 0.3) is 0 Å². The zero-order valence-electron chi connectivity index (χ0n) is 10.1. The number of hydrogen-bond donors (Lipinski definition) is 0. The number of rotatable bonds is 2. The summed E-state index contributed by atoms with van der Waals surface area (Å²) in [5, 5.41) is 0. The van der Waals surface area contributed by atoms with Crippen molar-refractivity contribution in [1.29, 1.82) is 0 Å². The molecule has 2 aliphatic rings. The minimum Gasteiger partial charge on any atom is -0.379 e. The van der Waals surface area contributed by atoms with Crippen molar-refractivity contribution in [3.05, 3.63) is 0 Å². The highest BCUT2D eigenvalue weighted by molar-refractivity contribution is 5.03. The molecule has 2 heterocycles. The molecular weight excluding hydrogens is 200 g/mol. The number of piperidine rings is 1. The highest BCUT2D eigenvalue weighted by atomic mass is 16.5. The van der Waals surface area contributed by atoms with E-state index in [2.05, 4.69) is 21.6 Å². The molecule has 0 unspecified atom stereocenters. The van der Waals surface area contributed by atoms with E-state index >= 15 is 0 Å². The average Bonchev–Trinajstić information content (AvgIpc) is 2.37. The second kappa shape index (κ2) is 6.90. The van der Waals surface area contributed by atoms with Crippen molar-refractivity contribution in [2.75, 3.05) is 52.5 Å². The fraction of sp³-hybridized carbons (Fsp3) is 0.846. The average molecular weight is 222 g/mol. The van der Waals surface area contributed by atoms with Crippen molar-refractivity contribution in [2.45, 2.75) is 19.3 Å². The molecule has 0 bridgehead atoms. The highest BCUT2D eigenvalue weighted by Gasteiger charge is 2.09. The van der Waals surface area contributed by atoms with E-state index in [1.165, 1.54) is 32.4 Å². The maximum absolute atomic E-state index is 5.30. The molecule has 2 aliphatic heterocycles. The zero-order valence-corrected chi connectivity index (χ0v) is 10.1. The van der Waals surface area contributed by atoms with Gasteiger partial charge in [-0.15, -0.1) is 0 Å². The highest BCUT2D eigenvalue weighted by Crippen LogP contribution is 2.07. The van der Waals surface area contributed by atoms with E-state index in [1.54, 1.807) is 0 Å². The Kier molecular flexibility index (Phi) is 5.14. The molecule has 0 aliphatic carbocycles. The summed E-state index contributed by atoms with van der Waals surface area (Å²) < 4.78 is 5.30. The molecule has 0 spiro atoms. The number of nitrogens with zero attached hydrogens (tertiary/aromatic N) is 2. The maximum atomic E-state index is 5.30. The van der Waals surface area contributed by atoms with Crippen molar-refractivity contribution >= 4 is 0 Å². The van der Waals surface area contributed by atoms with Gasteiger partial charge in [0.2, 0.25) is 0 Å². The first-order valence-electron chi connectivity index (χ1n) is 6.43. The van der Waals surface area contributed by atoms with Gasteiger partial charge in [-0.3, -0.25) is 9.80 Å². The molecular formula is C13H22N2O. The molecule has 0 aromatic heterocycles. The molecule has 16 heavy (non-hydrogen) atoms. The number of ether oxygens (including phenoxy) is 1. The summed E-state index contributed by atoms with van der Waals surface area (Å²) in [6.45, 7) is 8.18. The molecule has 0 aromatic rings. The monoisotopic (exact) mass is 222 g/mol. The van der Waals surface area contributed by atoms with Crippen molar-refractivity contribution in [3.8, 4) is 11.8 Å². The van der Waals surface area contributed by atoms with Gasteiger partial charge in [0, 0.05) is 13.1 Å². The standard InChI is InChI=1S/C13H22N2O/c1-2-6-14(7-3-1)8-4-5-9-15-10-12-16-13-11-15/h1-3,6-13H2. The predicted molar refractivity (Wildman–Crippen MR) is 65.3 cm³/mol. The summed E-state index contributed by atoms with van der Waals surface area (Å²) in [4.78, 5) is 4.84. The van der Waals surface area contributed by atoms with Gasteiger partial charge >= 0.3 is 0 Å². The lowest BCUT2D eigenvalue weighted by Crippen LogP contribution is -2.36. The molecule has 0 radical (unpaired) electrons. The second-order valence-corrected chi connectivity index (χ2v) is 4.58. The van der Waals surface area contributed by atoms with Crippen molar-refractivity contribution in [3.63, 3.8) is 0 Å². The topological polar surface area (TPSA) is 15.7 Å². The van der Waals surface area contributed by atoms with E-state index in [9.17, 15) is 0 Å². The minimum atomic E-state index is 0.869. The molecule has 3 heteroatoms. The molecule has 0 saturated carbocycles. The fourth-order valence-electron chi connectivity index (χ4n) is 2.21. The van der Waals surface area contributed by atoms with E-state index in [0.29, 0.717) is 0 Å². The Morgan fingerprint density at radius 2 is 1.31 bits per heavy atom. The van der Waals surface area contributed by atoms with Crippen LogP contribution in [0.2, 0.25) is 0 Å². The van der Waals surface area contributed by atoms with Crippen LogP contribution in [0.5, 0.6) is 0 Å². The lowest BCUT2D eigenvalue weighted by atomic mass is 10.1. The Morgan fingerprint density at radius 3 is 1.94 bits per heavy atom. The Balaban J connectivity index is 1.61. The smallest absolute Gasteiger partial charge is 0.0603 e. The van der Waals surface area contributed by atoms with Crippen molar-refractivity contribution < 1.29 is 4.74 Å². The van der Waals surface area contributed by atoms with Gasteiger partial charge in [0.25, 0.3) is 0 Å².